The Kier molecular flexibility index (Phi) is 5.53. The number of rotatable bonds is 4. The van der Waals surface area contributed by atoms with E-state index >= 15 is 0 Å². The van der Waals surface area contributed by atoms with E-state index in [1.165, 1.54) is 11.0 Å². The van der Waals surface area contributed by atoms with Crippen LogP contribution in [0, 0.1) is 17.3 Å². The van der Waals surface area contributed by atoms with Gasteiger partial charge in [-0.25, -0.2) is 9.18 Å². The summed E-state index contributed by atoms with van der Waals surface area (Å²) in [7, 11) is 0. The fraction of sp³-hybridized carbons (Fsp3) is 0.471. The number of anilines is 2. The smallest absolute Gasteiger partial charge is 0.414 e. The van der Waals surface area contributed by atoms with E-state index in [9.17, 15) is 9.18 Å². The third-order valence-electron chi connectivity index (χ3n) is 4.24. The summed E-state index contributed by atoms with van der Waals surface area (Å²) in [6, 6.07) is 4.74. The van der Waals surface area contributed by atoms with Gasteiger partial charge in [-0.05, 0) is 25.1 Å². The number of nitriles is 1. The molecule has 138 valence electrons. The minimum absolute atomic E-state index is 0.233. The molecule has 1 unspecified atom stereocenters. The highest BCUT2D eigenvalue weighted by molar-refractivity contribution is 5.90. The van der Waals surface area contributed by atoms with E-state index in [-0.39, 0.29) is 18.9 Å². The first kappa shape index (κ1) is 17.9. The van der Waals surface area contributed by atoms with Gasteiger partial charge in [0.2, 0.25) is 0 Å². The minimum Gasteiger partial charge on any atom is -0.442 e. The number of benzene rings is 1. The Bertz CT molecular complexity index is 742. The Morgan fingerprint density at radius 2 is 2.23 bits per heavy atom. The Balaban J connectivity index is 1.67. The third kappa shape index (κ3) is 4.03. The zero-order valence-corrected chi connectivity index (χ0v) is 14.4. The number of halogens is 1. The monoisotopic (exact) mass is 361 g/mol. The van der Waals surface area contributed by atoms with Crippen LogP contribution in [0.2, 0.25) is 0 Å². The lowest BCUT2D eigenvalue weighted by atomic mass is 10.2. The number of nitrogens with zero attached hydrogens (tertiary/aromatic N) is 4. The fourth-order valence-corrected chi connectivity index (χ4v) is 2.91. The van der Waals surface area contributed by atoms with Crippen molar-refractivity contribution in [3.63, 3.8) is 0 Å². The molecule has 0 radical (unpaired) electrons. The van der Waals surface area contributed by atoms with E-state index in [4.69, 9.17) is 14.7 Å². The molecule has 0 saturated carbocycles. The first-order valence-corrected chi connectivity index (χ1v) is 8.35. The molecule has 8 nitrogen and oxygen atoms in total. The molecule has 2 fully saturated rings. The molecule has 1 aromatic rings. The number of carbonyl (C=O) groups excluding carboxylic acids is 1. The molecule has 0 aromatic heterocycles. The first-order valence-electron chi connectivity index (χ1n) is 8.35. The summed E-state index contributed by atoms with van der Waals surface area (Å²) in [6.07, 6.45) is 0.795. The zero-order chi connectivity index (χ0) is 18.5. The van der Waals surface area contributed by atoms with Gasteiger partial charge in [0, 0.05) is 13.1 Å². The van der Waals surface area contributed by atoms with Crippen molar-refractivity contribution in [1.29, 1.82) is 5.26 Å². The Labute approximate surface area is 150 Å². The molecule has 1 atom stereocenters. The van der Waals surface area contributed by atoms with E-state index in [2.05, 4.69) is 10.3 Å². The SMILES string of the molecule is CC(=NCC1CN(c2ccc(N3CCOCC3)c(F)c2)C(=O)O1)NC#N. The summed E-state index contributed by atoms with van der Waals surface area (Å²) in [5, 5.41) is 10.9. The summed E-state index contributed by atoms with van der Waals surface area (Å²) in [5.74, 6) is 0.0654. The highest BCUT2D eigenvalue weighted by Gasteiger charge is 2.32. The highest BCUT2D eigenvalue weighted by Crippen LogP contribution is 2.28. The second-order valence-corrected chi connectivity index (χ2v) is 6.01. The summed E-state index contributed by atoms with van der Waals surface area (Å²) in [4.78, 5) is 19.5. The van der Waals surface area contributed by atoms with Gasteiger partial charge in [0.15, 0.2) is 6.19 Å². The van der Waals surface area contributed by atoms with Crippen LogP contribution in [0.5, 0.6) is 0 Å². The third-order valence-corrected chi connectivity index (χ3v) is 4.24. The number of amidine groups is 1. The molecule has 2 saturated heterocycles. The lowest BCUT2D eigenvalue weighted by Crippen LogP contribution is -2.36. The average Bonchev–Trinajstić information content (AvgIpc) is 3.02. The van der Waals surface area contributed by atoms with Crippen molar-refractivity contribution in [3.8, 4) is 6.19 Å². The largest absolute Gasteiger partial charge is 0.442 e. The number of aliphatic imine (C=N–C) groups is 1. The molecule has 0 spiro atoms. The van der Waals surface area contributed by atoms with Crippen LogP contribution in [-0.2, 0) is 9.47 Å². The van der Waals surface area contributed by atoms with Gasteiger partial charge in [-0.15, -0.1) is 0 Å². The van der Waals surface area contributed by atoms with E-state index in [0.717, 1.165) is 0 Å². The van der Waals surface area contributed by atoms with Crippen LogP contribution in [0.4, 0.5) is 20.6 Å². The van der Waals surface area contributed by atoms with E-state index < -0.39 is 12.2 Å². The van der Waals surface area contributed by atoms with E-state index in [0.29, 0.717) is 43.5 Å². The van der Waals surface area contributed by atoms with Gasteiger partial charge in [0.05, 0.1) is 37.7 Å². The van der Waals surface area contributed by atoms with Gasteiger partial charge in [-0.1, -0.05) is 0 Å². The second-order valence-electron chi connectivity index (χ2n) is 6.01. The van der Waals surface area contributed by atoms with Gasteiger partial charge in [-0.2, -0.15) is 5.26 Å². The Hall–Kier alpha value is -2.86. The molecule has 1 aromatic carbocycles. The van der Waals surface area contributed by atoms with Crippen LogP contribution in [0.25, 0.3) is 0 Å². The summed E-state index contributed by atoms with van der Waals surface area (Å²) < 4.78 is 25.1. The molecule has 9 heteroatoms. The average molecular weight is 361 g/mol. The number of amides is 1. The number of hydrogen-bond acceptors (Lipinski definition) is 6. The Morgan fingerprint density at radius 3 is 2.92 bits per heavy atom. The molecule has 2 aliphatic rings. The number of nitrogens with one attached hydrogen (secondary N) is 1. The highest BCUT2D eigenvalue weighted by atomic mass is 19.1. The summed E-state index contributed by atoms with van der Waals surface area (Å²) in [6.45, 7) is 4.58. The maximum Gasteiger partial charge on any atom is 0.414 e. The molecule has 0 bridgehead atoms. The maximum atomic E-state index is 14.5. The molecule has 2 heterocycles. The minimum atomic E-state index is -0.533. The quantitative estimate of drug-likeness (QED) is 0.378. The number of hydrogen-bond donors (Lipinski definition) is 1. The fourth-order valence-electron chi connectivity index (χ4n) is 2.91. The molecule has 1 N–H and O–H groups in total. The summed E-state index contributed by atoms with van der Waals surface area (Å²) >= 11 is 0. The first-order chi connectivity index (χ1) is 12.6. The van der Waals surface area contributed by atoms with Crippen molar-refractivity contribution in [2.45, 2.75) is 13.0 Å². The van der Waals surface area contributed by atoms with Gasteiger partial charge in [0.1, 0.15) is 17.8 Å². The van der Waals surface area contributed by atoms with Crippen molar-refractivity contribution in [1.82, 2.24) is 5.32 Å². The zero-order valence-electron chi connectivity index (χ0n) is 14.4. The number of ether oxygens (including phenoxy) is 2. The predicted octanol–water partition coefficient (Wildman–Crippen LogP) is 1.48. The van der Waals surface area contributed by atoms with E-state index in [1.54, 1.807) is 25.2 Å². The molecule has 26 heavy (non-hydrogen) atoms. The number of cyclic esters (lactones) is 1. The molecular formula is C17H20FN5O3. The molecule has 0 aliphatic carbocycles. The van der Waals surface area contributed by atoms with Crippen LogP contribution in [-0.4, -0.2) is 57.4 Å². The lowest BCUT2D eigenvalue weighted by molar-refractivity contribution is 0.122. The topological polar surface area (TPSA) is 90.2 Å². The van der Waals surface area contributed by atoms with Crippen molar-refractivity contribution in [2.24, 2.45) is 4.99 Å². The van der Waals surface area contributed by atoms with Gasteiger partial charge < -0.3 is 14.4 Å². The normalized spacial score (nSPS) is 20.7. The van der Waals surface area contributed by atoms with E-state index in [1.807, 2.05) is 4.90 Å². The van der Waals surface area contributed by atoms with Crippen LogP contribution in [0.3, 0.4) is 0 Å². The van der Waals surface area contributed by atoms with Gasteiger partial charge in [0.25, 0.3) is 0 Å². The molecule has 2 aliphatic heterocycles. The molecular weight excluding hydrogens is 341 g/mol. The number of morpholine rings is 1. The lowest BCUT2D eigenvalue weighted by Gasteiger charge is -2.29. The van der Waals surface area contributed by atoms with Crippen molar-refractivity contribution in [2.75, 3.05) is 49.2 Å². The van der Waals surface area contributed by atoms with Crippen LogP contribution < -0.4 is 15.1 Å². The van der Waals surface area contributed by atoms with Crippen LogP contribution in [0.15, 0.2) is 23.2 Å². The molecule has 1 amide bonds. The second kappa shape index (κ2) is 8.01. The standard InChI is InChI=1S/C17H20FN5O3/c1-12(21-11-19)20-9-14-10-23(17(24)26-14)13-2-3-16(15(18)8-13)22-4-6-25-7-5-22/h2-3,8,14H,4-7,9-10H2,1H3,(H,20,21). The van der Waals surface area contributed by atoms with Crippen LogP contribution >= 0.6 is 0 Å². The van der Waals surface area contributed by atoms with Gasteiger partial charge >= 0.3 is 6.09 Å². The van der Waals surface area contributed by atoms with Crippen LogP contribution in [0.1, 0.15) is 6.92 Å². The summed E-state index contributed by atoms with van der Waals surface area (Å²) in [5.41, 5.74) is 0.951. The number of carbonyl (C=O) groups is 1. The molecule has 3 rings (SSSR count). The predicted molar refractivity (Wildman–Crippen MR) is 93.8 cm³/mol. The Morgan fingerprint density at radius 1 is 1.46 bits per heavy atom. The maximum absolute atomic E-state index is 14.5. The van der Waals surface area contributed by atoms with Crippen molar-refractivity contribution in [3.05, 3.63) is 24.0 Å². The van der Waals surface area contributed by atoms with Gasteiger partial charge in [-0.3, -0.25) is 15.2 Å². The van der Waals surface area contributed by atoms with Crippen molar-refractivity contribution < 1.29 is 18.7 Å². The van der Waals surface area contributed by atoms with Crippen molar-refractivity contribution >= 4 is 23.3 Å².